The summed E-state index contributed by atoms with van der Waals surface area (Å²) < 4.78 is 4.27. The number of aromatic nitrogens is 2. The summed E-state index contributed by atoms with van der Waals surface area (Å²) in [6.07, 6.45) is 0. The lowest BCUT2D eigenvalue weighted by atomic mass is 9.90. The van der Waals surface area contributed by atoms with Gasteiger partial charge in [-0.2, -0.15) is 21.0 Å². The molecule has 0 unspecified atom stereocenters. The second-order valence-corrected chi connectivity index (χ2v) is 12.6. The van der Waals surface area contributed by atoms with Crippen molar-refractivity contribution in [1.82, 2.24) is 9.13 Å². The average Bonchev–Trinajstić information content (AvgIpc) is 3.73. The summed E-state index contributed by atoms with van der Waals surface area (Å²) in [4.78, 5) is 0. The average molecular weight is 661 g/mol. The molecule has 0 radical (unpaired) electrons. The van der Waals surface area contributed by atoms with Gasteiger partial charge in [-0.25, -0.2) is 0 Å². The van der Waals surface area contributed by atoms with Crippen LogP contribution in [0, 0.1) is 45.3 Å². The molecule has 0 amide bonds. The molecule has 0 fully saturated rings. The molecule has 9 aromatic rings. The van der Waals surface area contributed by atoms with Crippen molar-refractivity contribution in [3.8, 4) is 57.9 Å². The number of rotatable bonds is 4. The largest absolute Gasteiger partial charge is 0.309 e. The molecular formula is C46H24N6. The van der Waals surface area contributed by atoms with Crippen LogP contribution in [-0.4, -0.2) is 9.13 Å². The standard InChI is InChI=1S/C46H24N6/c47-25-29-10-9-11-30(26-48)46(29)32-20-31(22-35(23-32)51-41-16-5-1-12-36(41)37-13-2-6-17-42(37)51)40-24-45(34(28-50)21-33(40)27-49)52-43-18-7-3-14-38(43)39-15-4-8-19-44(39)52/h1-24H. The van der Waals surface area contributed by atoms with E-state index >= 15 is 0 Å². The Balaban J connectivity index is 1.41. The molecule has 238 valence electrons. The van der Waals surface area contributed by atoms with Crippen molar-refractivity contribution < 1.29 is 0 Å². The van der Waals surface area contributed by atoms with E-state index in [0.717, 1.165) is 49.3 Å². The highest BCUT2D eigenvalue weighted by Crippen LogP contribution is 2.40. The van der Waals surface area contributed by atoms with E-state index in [1.54, 1.807) is 24.3 Å². The lowest BCUT2D eigenvalue weighted by Gasteiger charge is -2.17. The van der Waals surface area contributed by atoms with Gasteiger partial charge in [0.2, 0.25) is 0 Å². The first-order chi connectivity index (χ1) is 25.6. The summed E-state index contributed by atoms with van der Waals surface area (Å²) in [6.45, 7) is 0. The Morgan fingerprint density at radius 2 is 0.808 bits per heavy atom. The summed E-state index contributed by atoms with van der Waals surface area (Å²) in [5.41, 5.74) is 9.26. The highest BCUT2D eigenvalue weighted by atomic mass is 15.0. The van der Waals surface area contributed by atoms with Crippen molar-refractivity contribution in [2.45, 2.75) is 0 Å². The van der Waals surface area contributed by atoms with Crippen LogP contribution in [0.3, 0.4) is 0 Å². The number of fused-ring (bicyclic) bond motifs is 6. The van der Waals surface area contributed by atoms with Crippen LogP contribution in [0.1, 0.15) is 22.3 Å². The normalized spacial score (nSPS) is 11.0. The molecule has 0 aliphatic heterocycles. The number of hydrogen-bond acceptors (Lipinski definition) is 4. The van der Waals surface area contributed by atoms with Gasteiger partial charge in [-0.05, 0) is 77.9 Å². The molecule has 0 N–H and O–H groups in total. The maximum absolute atomic E-state index is 10.6. The molecule has 9 rings (SSSR count). The zero-order valence-corrected chi connectivity index (χ0v) is 27.5. The van der Waals surface area contributed by atoms with Crippen molar-refractivity contribution >= 4 is 43.6 Å². The van der Waals surface area contributed by atoms with E-state index in [2.05, 4.69) is 69.8 Å². The van der Waals surface area contributed by atoms with Crippen molar-refractivity contribution in [3.63, 3.8) is 0 Å². The molecule has 0 atom stereocenters. The van der Waals surface area contributed by atoms with Crippen LogP contribution >= 0.6 is 0 Å². The van der Waals surface area contributed by atoms with Crippen LogP contribution in [0.15, 0.2) is 146 Å². The lowest BCUT2D eigenvalue weighted by molar-refractivity contribution is 1.16. The fourth-order valence-corrected chi connectivity index (χ4v) is 7.67. The van der Waals surface area contributed by atoms with Crippen molar-refractivity contribution in [2.75, 3.05) is 0 Å². The number of benzene rings is 7. The van der Waals surface area contributed by atoms with Gasteiger partial charge < -0.3 is 9.13 Å². The maximum Gasteiger partial charge on any atom is 0.101 e. The molecule has 0 aliphatic carbocycles. The van der Waals surface area contributed by atoms with Gasteiger partial charge in [-0.3, -0.25) is 0 Å². The van der Waals surface area contributed by atoms with Crippen LogP contribution in [0.25, 0.3) is 77.2 Å². The third kappa shape index (κ3) is 4.47. The number of nitrogens with zero attached hydrogens (tertiary/aromatic N) is 6. The van der Waals surface area contributed by atoms with Crippen LogP contribution in [0.4, 0.5) is 0 Å². The Kier molecular flexibility index (Phi) is 6.91. The smallest absolute Gasteiger partial charge is 0.101 e. The molecule has 2 aromatic heterocycles. The lowest BCUT2D eigenvalue weighted by Crippen LogP contribution is -2.01. The van der Waals surface area contributed by atoms with Gasteiger partial charge in [0, 0.05) is 38.4 Å². The van der Waals surface area contributed by atoms with Crippen LogP contribution in [-0.2, 0) is 0 Å². The van der Waals surface area contributed by atoms with Gasteiger partial charge in [0.25, 0.3) is 0 Å². The summed E-state index contributed by atoms with van der Waals surface area (Å²) in [6, 6.07) is 56.6. The first kappa shape index (κ1) is 30.2. The summed E-state index contributed by atoms with van der Waals surface area (Å²) in [5, 5.41) is 45.8. The predicted octanol–water partition coefficient (Wildman–Crippen LogP) is 10.7. The topological polar surface area (TPSA) is 105 Å². The van der Waals surface area contributed by atoms with Crippen molar-refractivity contribution in [1.29, 1.82) is 21.0 Å². The number of nitriles is 4. The molecule has 0 bridgehead atoms. The Hall–Kier alpha value is -7.90. The third-order valence-electron chi connectivity index (χ3n) is 9.86. The Morgan fingerprint density at radius 1 is 0.365 bits per heavy atom. The molecule has 52 heavy (non-hydrogen) atoms. The minimum absolute atomic E-state index is 0.334. The number of hydrogen-bond donors (Lipinski definition) is 0. The second kappa shape index (κ2) is 11.9. The fourth-order valence-electron chi connectivity index (χ4n) is 7.67. The van der Waals surface area contributed by atoms with E-state index in [-0.39, 0.29) is 0 Å². The van der Waals surface area contributed by atoms with E-state index in [4.69, 9.17) is 0 Å². The SMILES string of the molecule is N#Cc1cc(C#N)c(-n2c3ccccc3c3ccccc32)cc1-c1cc(-c2c(C#N)cccc2C#N)cc(-n2c3ccccc3c3ccccc32)c1. The highest BCUT2D eigenvalue weighted by Gasteiger charge is 2.21. The zero-order chi connectivity index (χ0) is 35.3. The molecule has 0 spiro atoms. The first-order valence-electron chi connectivity index (χ1n) is 16.7. The Bertz CT molecular complexity index is 2990. The Morgan fingerprint density at radius 3 is 1.29 bits per heavy atom. The molecule has 7 aromatic carbocycles. The van der Waals surface area contributed by atoms with Crippen LogP contribution in [0.2, 0.25) is 0 Å². The molecule has 0 aliphatic rings. The predicted molar refractivity (Wildman–Crippen MR) is 205 cm³/mol. The van der Waals surface area contributed by atoms with E-state index in [9.17, 15) is 21.0 Å². The second-order valence-electron chi connectivity index (χ2n) is 12.6. The number of para-hydroxylation sites is 4. The summed E-state index contributed by atoms with van der Waals surface area (Å²) in [7, 11) is 0. The van der Waals surface area contributed by atoms with Crippen LogP contribution in [0.5, 0.6) is 0 Å². The molecule has 0 saturated carbocycles. The fraction of sp³-hybridized carbons (Fsp3) is 0. The molecule has 2 heterocycles. The minimum Gasteiger partial charge on any atom is -0.309 e. The molecule has 6 heteroatoms. The van der Waals surface area contributed by atoms with Gasteiger partial charge >= 0.3 is 0 Å². The monoisotopic (exact) mass is 660 g/mol. The third-order valence-corrected chi connectivity index (χ3v) is 9.86. The van der Waals surface area contributed by atoms with E-state index in [1.807, 2.05) is 84.9 Å². The summed E-state index contributed by atoms with van der Waals surface area (Å²) in [5.74, 6) is 0. The van der Waals surface area contributed by atoms with E-state index in [1.165, 1.54) is 0 Å². The van der Waals surface area contributed by atoms with E-state index < -0.39 is 0 Å². The van der Waals surface area contributed by atoms with Gasteiger partial charge in [-0.1, -0.05) is 78.9 Å². The quantitative estimate of drug-likeness (QED) is 0.187. The molecule has 6 nitrogen and oxygen atoms in total. The zero-order valence-electron chi connectivity index (χ0n) is 27.5. The van der Waals surface area contributed by atoms with E-state index in [0.29, 0.717) is 50.2 Å². The van der Waals surface area contributed by atoms with Crippen LogP contribution < -0.4 is 0 Å². The summed E-state index contributed by atoms with van der Waals surface area (Å²) >= 11 is 0. The van der Waals surface area contributed by atoms with Gasteiger partial charge in [0.15, 0.2) is 0 Å². The van der Waals surface area contributed by atoms with Gasteiger partial charge in [0.05, 0.1) is 68.2 Å². The maximum atomic E-state index is 10.6. The van der Waals surface area contributed by atoms with Gasteiger partial charge in [-0.15, -0.1) is 0 Å². The molecule has 0 saturated heterocycles. The first-order valence-corrected chi connectivity index (χ1v) is 16.7. The molecular weight excluding hydrogens is 637 g/mol. The Labute approximate surface area is 298 Å². The highest BCUT2D eigenvalue weighted by molar-refractivity contribution is 6.10. The van der Waals surface area contributed by atoms with Gasteiger partial charge in [0.1, 0.15) is 6.07 Å². The van der Waals surface area contributed by atoms with Crippen molar-refractivity contribution in [2.24, 2.45) is 0 Å². The van der Waals surface area contributed by atoms with Crippen molar-refractivity contribution in [3.05, 3.63) is 168 Å². The minimum atomic E-state index is 0.334.